The number of hydrogen-bond donors (Lipinski definition) is 1. The van der Waals surface area contributed by atoms with E-state index in [4.69, 9.17) is 16.6 Å². The number of amides is 1. The molecule has 4 nitrogen and oxygen atoms in total. The molecule has 6 heteroatoms. The Labute approximate surface area is 163 Å². The van der Waals surface area contributed by atoms with Gasteiger partial charge in [-0.3, -0.25) is 14.7 Å². The molecule has 0 radical (unpaired) electrons. The minimum absolute atomic E-state index is 0.119. The van der Waals surface area contributed by atoms with E-state index in [0.29, 0.717) is 35.7 Å². The molecule has 1 N–H and O–H groups in total. The van der Waals surface area contributed by atoms with Crippen LogP contribution in [0.5, 0.6) is 0 Å². The number of carbonyl (C=O) groups excluding carboxylic acids is 1. The third-order valence-corrected chi connectivity index (χ3v) is 5.66. The van der Waals surface area contributed by atoms with Gasteiger partial charge in [0.15, 0.2) is 0 Å². The van der Waals surface area contributed by atoms with Gasteiger partial charge in [0.25, 0.3) is 5.91 Å². The summed E-state index contributed by atoms with van der Waals surface area (Å²) in [5, 5.41) is 3.52. The summed E-state index contributed by atoms with van der Waals surface area (Å²) in [4.78, 5) is 19.4. The lowest BCUT2D eigenvalue weighted by atomic mass is 9.97. The molecule has 0 saturated carbocycles. The van der Waals surface area contributed by atoms with Crippen molar-refractivity contribution in [3.05, 3.63) is 70.0 Å². The van der Waals surface area contributed by atoms with Crippen LogP contribution in [-0.2, 0) is 11.3 Å². The third-order valence-electron chi connectivity index (χ3n) is 5.31. The maximum Gasteiger partial charge on any atom is 0.272 e. The van der Waals surface area contributed by atoms with Crippen LogP contribution in [0.2, 0.25) is 5.02 Å². The lowest BCUT2D eigenvalue weighted by molar-refractivity contribution is -0.115. The van der Waals surface area contributed by atoms with E-state index in [1.807, 2.05) is 31.2 Å². The predicted octanol–water partition coefficient (Wildman–Crippen LogP) is 3.70. The van der Waals surface area contributed by atoms with Crippen molar-refractivity contribution >= 4 is 23.2 Å². The van der Waals surface area contributed by atoms with E-state index in [-0.39, 0.29) is 11.7 Å². The molecular formula is C21H21ClFN3O. The highest BCUT2D eigenvalue weighted by atomic mass is 35.5. The maximum absolute atomic E-state index is 14.0. The van der Waals surface area contributed by atoms with Crippen LogP contribution in [0.3, 0.4) is 0 Å². The Balaban J connectivity index is 1.48. The van der Waals surface area contributed by atoms with Crippen LogP contribution in [0.25, 0.3) is 0 Å². The van der Waals surface area contributed by atoms with E-state index in [1.165, 1.54) is 6.07 Å². The summed E-state index contributed by atoms with van der Waals surface area (Å²) < 4.78 is 14.0. The molecule has 27 heavy (non-hydrogen) atoms. The molecule has 0 aliphatic carbocycles. The van der Waals surface area contributed by atoms with Crippen LogP contribution in [0.15, 0.2) is 47.5 Å². The van der Waals surface area contributed by atoms with Gasteiger partial charge in [-0.2, -0.15) is 0 Å². The Morgan fingerprint density at radius 2 is 1.96 bits per heavy atom. The fraction of sp³-hybridized carbons (Fsp3) is 0.333. The summed E-state index contributed by atoms with van der Waals surface area (Å²) in [5.74, 6) is -0.400. The van der Waals surface area contributed by atoms with Gasteiger partial charge in [-0.15, -0.1) is 0 Å². The van der Waals surface area contributed by atoms with Gasteiger partial charge < -0.3 is 5.32 Å². The monoisotopic (exact) mass is 385 g/mol. The van der Waals surface area contributed by atoms with E-state index in [9.17, 15) is 9.18 Å². The lowest BCUT2D eigenvalue weighted by Crippen LogP contribution is -2.50. The standard InChI is InChI=1S/C21H21ClFN3O/c1-14-4-2-5-15(12-14)19-20(27)25-21(24-19)8-10-26(11-9-21)13-16-17(22)6-3-7-18(16)23/h2-7,12H,8-11,13H2,1H3,(H,25,27). The van der Waals surface area contributed by atoms with E-state index in [2.05, 4.69) is 10.2 Å². The first-order valence-electron chi connectivity index (χ1n) is 9.10. The highest BCUT2D eigenvalue weighted by Gasteiger charge is 2.42. The second kappa shape index (κ2) is 7.06. The van der Waals surface area contributed by atoms with Gasteiger partial charge in [0.1, 0.15) is 17.2 Å². The van der Waals surface area contributed by atoms with Crippen molar-refractivity contribution in [1.82, 2.24) is 10.2 Å². The summed E-state index contributed by atoms with van der Waals surface area (Å²) in [7, 11) is 0. The summed E-state index contributed by atoms with van der Waals surface area (Å²) in [5.41, 5.74) is 2.43. The number of aliphatic imine (C=N–C) groups is 1. The highest BCUT2D eigenvalue weighted by molar-refractivity contribution is 6.46. The second-order valence-electron chi connectivity index (χ2n) is 7.29. The summed E-state index contributed by atoms with van der Waals surface area (Å²) in [6.07, 6.45) is 1.39. The van der Waals surface area contributed by atoms with Crippen molar-refractivity contribution in [1.29, 1.82) is 0 Å². The van der Waals surface area contributed by atoms with Gasteiger partial charge in [-0.1, -0.05) is 41.4 Å². The molecule has 0 unspecified atom stereocenters. The van der Waals surface area contributed by atoms with Gasteiger partial charge in [-0.05, 0) is 25.1 Å². The number of aryl methyl sites for hydroxylation is 1. The Kier molecular flexibility index (Phi) is 4.74. The minimum Gasteiger partial charge on any atom is -0.326 e. The first kappa shape index (κ1) is 18.1. The van der Waals surface area contributed by atoms with Gasteiger partial charge in [0.05, 0.1) is 0 Å². The first-order chi connectivity index (χ1) is 13.0. The van der Waals surface area contributed by atoms with Crippen LogP contribution in [0.1, 0.15) is 29.5 Å². The molecule has 2 aliphatic rings. The van der Waals surface area contributed by atoms with Crippen molar-refractivity contribution < 1.29 is 9.18 Å². The number of piperidine rings is 1. The first-order valence-corrected chi connectivity index (χ1v) is 9.48. The molecule has 1 fully saturated rings. The number of halogens is 2. The Hall–Kier alpha value is -2.24. The number of likely N-dealkylation sites (tertiary alicyclic amines) is 1. The fourth-order valence-electron chi connectivity index (χ4n) is 3.78. The largest absolute Gasteiger partial charge is 0.326 e. The van der Waals surface area contributed by atoms with Crippen LogP contribution in [0, 0.1) is 12.7 Å². The van der Waals surface area contributed by atoms with Crippen molar-refractivity contribution in [3.8, 4) is 0 Å². The van der Waals surface area contributed by atoms with Gasteiger partial charge >= 0.3 is 0 Å². The van der Waals surface area contributed by atoms with Gasteiger partial charge in [-0.25, -0.2) is 4.39 Å². The molecule has 4 rings (SSSR count). The maximum atomic E-state index is 14.0. The van der Waals surface area contributed by atoms with Crippen molar-refractivity contribution in [2.24, 2.45) is 4.99 Å². The highest BCUT2D eigenvalue weighted by Crippen LogP contribution is 2.30. The quantitative estimate of drug-likeness (QED) is 0.875. The minimum atomic E-state index is -0.550. The normalized spacial score (nSPS) is 19.2. The van der Waals surface area contributed by atoms with E-state index in [1.54, 1.807) is 12.1 Å². The molecule has 2 aromatic rings. The van der Waals surface area contributed by atoms with Crippen molar-refractivity contribution in [2.75, 3.05) is 13.1 Å². The summed E-state index contributed by atoms with van der Waals surface area (Å²) in [6, 6.07) is 12.6. The van der Waals surface area contributed by atoms with Gasteiger partial charge in [0, 0.05) is 48.6 Å². The smallest absolute Gasteiger partial charge is 0.272 e. The molecule has 0 atom stereocenters. The summed E-state index contributed by atoms with van der Waals surface area (Å²) in [6.45, 7) is 3.90. The van der Waals surface area contributed by atoms with E-state index < -0.39 is 5.66 Å². The summed E-state index contributed by atoms with van der Waals surface area (Å²) >= 11 is 6.14. The van der Waals surface area contributed by atoms with Crippen LogP contribution >= 0.6 is 11.6 Å². The zero-order valence-electron chi connectivity index (χ0n) is 15.1. The average molecular weight is 386 g/mol. The van der Waals surface area contributed by atoms with Crippen LogP contribution < -0.4 is 5.32 Å². The zero-order valence-corrected chi connectivity index (χ0v) is 15.9. The number of benzene rings is 2. The number of hydrogen-bond acceptors (Lipinski definition) is 3. The molecular weight excluding hydrogens is 365 g/mol. The molecule has 2 heterocycles. The lowest BCUT2D eigenvalue weighted by Gasteiger charge is -2.37. The van der Waals surface area contributed by atoms with E-state index in [0.717, 1.165) is 24.2 Å². The Morgan fingerprint density at radius 1 is 1.22 bits per heavy atom. The van der Waals surface area contributed by atoms with Crippen LogP contribution in [-0.4, -0.2) is 35.3 Å². The van der Waals surface area contributed by atoms with Crippen LogP contribution in [0.4, 0.5) is 4.39 Å². The molecule has 2 aliphatic heterocycles. The number of nitrogens with zero attached hydrogens (tertiary/aromatic N) is 2. The molecule has 1 spiro atoms. The molecule has 1 amide bonds. The zero-order chi connectivity index (χ0) is 19.0. The molecule has 2 aromatic carbocycles. The molecule has 0 bridgehead atoms. The SMILES string of the molecule is Cc1cccc(C2=NC3(CCN(Cc4c(F)cccc4Cl)CC3)NC2=O)c1. The molecule has 1 saturated heterocycles. The Bertz CT molecular complexity index is 899. The molecule has 140 valence electrons. The third kappa shape index (κ3) is 3.62. The second-order valence-corrected chi connectivity index (χ2v) is 7.70. The molecule has 0 aromatic heterocycles. The number of rotatable bonds is 3. The average Bonchev–Trinajstić information content (AvgIpc) is 2.96. The van der Waals surface area contributed by atoms with Crippen molar-refractivity contribution in [2.45, 2.75) is 32.0 Å². The predicted molar refractivity (Wildman–Crippen MR) is 105 cm³/mol. The van der Waals surface area contributed by atoms with Gasteiger partial charge in [0.2, 0.25) is 0 Å². The Morgan fingerprint density at radius 3 is 2.67 bits per heavy atom. The number of nitrogens with one attached hydrogen (secondary N) is 1. The fourth-order valence-corrected chi connectivity index (χ4v) is 4.00. The topological polar surface area (TPSA) is 44.7 Å². The van der Waals surface area contributed by atoms with Crippen molar-refractivity contribution in [3.63, 3.8) is 0 Å². The van der Waals surface area contributed by atoms with E-state index >= 15 is 0 Å². The number of carbonyl (C=O) groups is 1.